The van der Waals surface area contributed by atoms with Gasteiger partial charge in [-0.25, -0.2) is 15.0 Å². The molecule has 0 aliphatic heterocycles. The van der Waals surface area contributed by atoms with Crippen LogP contribution in [-0.2, 0) is 0 Å². The molecule has 5 heteroatoms. The Balaban J connectivity index is 1.10. The zero-order chi connectivity index (χ0) is 31.6. The average Bonchev–Trinajstić information content (AvgIpc) is 3.72. The quantitative estimate of drug-likeness (QED) is 0.194. The lowest BCUT2D eigenvalue weighted by atomic mass is 10.0. The Bertz CT molecular complexity index is 2840. The Labute approximate surface area is 279 Å². The van der Waals surface area contributed by atoms with Crippen molar-refractivity contribution in [2.24, 2.45) is 0 Å². The summed E-state index contributed by atoms with van der Waals surface area (Å²) in [6.07, 6.45) is 0. The third-order valence-electron chi connectivity index (χ3n) is 9.16. The van der Waals surface area contributed by atoms with Crippen molar-refractivity contribution >= 4 is 64.2 Å². The lowest BCUT2D eigenvalue weighted by molar-refractivity contribution is 0.669. The number of fused-ring (bicyclic) bond motifs is 7. The van der Waals surface area contributed by atoms with Crippen molar-refractivity contribution in [3.8, 4) is 45.3 Å². The van der Waals surface area contributed by atoms with Gasteiger partial charge in [0, 0.05) is 47.6 Å². The normalized spacial score (nSPS) is 11.8. The molecule has 0 saturated heterocycles. The van der Waals surface area contributed by atoms with E-state index in [0.717, 1.165) is 60.5 Å². The van der Waals surface area contributed by atoms with Crippen LogP contribution in [0.4, 0.5) is 0 Å². The fourth-order valence-corrected chi connectivity index (χ4v) is 7.90. The van der Waals surface area contributed by atoms with E-state index in [2.05, 4.69) is 133 Å². The van der Waals surface area contributed by atoms with Crippen molar-refractivity contribution in [1.82, 2.24) is 15.0 Å². The molecule has 10 aromatic rings. The third-order valence-corrected chi connectivity index (χ3v) is 10.3. The number of para-hydroxylation sites is 1. The van der Waals surface area contributed by atoms with Gasteiger partial charge in [-0.05, 0) is 52.2 Å². The molecule has 0 bridgehead atoms. The van der Waals surface area contributed by atoms with Crippen LogP contribution in [0.3, 0.4) is 0 Å². The molecule has 0 saturated carbocycles. The SMILES string of the molecule is c1ccc2c(-c3nc(-c4ccc(-c5ccc6c(c5)oc5ccccc56)cc4)nc(-c4ccc5c(c4)sc4ccccc45)n3)cccc2c1. The average molecular weight is 632 g/mol. The Hall–Kier alpha value is -6.17. The topological polar surface area (TPSA) is 51.8 Å². The van der Waals surface area contributed by atoms with Gasteiger partial charge in [-0.15, -0.1) is 11.3 Å². The lowest BCUT2D eigenvalue weighted by Gasteiger charge is -2.11. The molecule has 10 rings (SSSR count). The molecule has 7 aromatic carbocycles. The zero-order valence-electron chi connectivity index (χ0n) is 25.6. The van der Waals surface area contributed by atoms with Crippen LogP contribution in [0.2, 0.25) is 0 Å². The second kappa shape index (κ2) is 10.7. The first-order chi connectivity index (χ1) is 23.7. The maximum absolute atomic E-state index is 6.17. The highest BCUT2D eigenvalue weighted by molar-refractivity contribution is 7.25. The molecule has 224 valence electrons. The smallest absolute Gasteiger partial charge is 0.164 e. The van der Waals surface area contributed by atoms with Crippen LogP contribution in [0.15, 0.2) is 156 Å². The van der Waals surface area contributed by atoms with Gasteiger partial charge in [0.15, 0.2) is 17.5 Å². The maximum Gasteiger partial charge on any atom is 0.164 e. The predicted octanol–water partition coefficient (Wildman–Crippen LogP) is 12.0. The van der Waals surface area contributed by atoms with Crippen LogP contribution in [0.5, 0.6) is 0 Å². The molecular weight excluding hydrogens is 607 g/mol. The van der Waals surface area contributed by atoms with Crippen molar-refractivity contribution in [2.75, 3.05) is 0 Å². The van der Waals surface area contributed by atoms with E-state index in [0.29, 0.717) is 17.5 Å². The highest BCUT2D eigenvalue weighted by Gasteiger charge is 2.16. The fraction of sp³-hybridized carbons (Fsp3) is 0. The lowest BCUT2D eigenvalue weighted by Crippen LogP contribution is -2.00. The standard InChI is InChI=1S/C43H25N3OS/c1-2-10-31-27(8-1)9-7-13-36(31)43-45-41(44-42(46-43)30-21-23-35-34-12-4-6-15-39(34)48-40(35)25-30)28-18-16-26(17-19-28)29-20-22-33-32-11-3-5-14-37(32)47-38(33)24-29/h1-25H. The van der Waals surface area contributed by atoms with E-state index < -0.39 is 0 Å². The number of hydrogen-bond donors (Lipinski definition) is 0. The molecule has 0 N–H and O–H groups in total. The zero-order valence-corrected chi connectivity index (χ0v) is 26.4. The Morgan fingerprint density at radius 3 is 1.88 bits per heavy atom. The molecule has 0 aliphatic carbocycles. The van der Waals surface area contributed by atoms with E-state index in [4.69, 9.17) is 19.4 Å². The van der Waals surface area contributed by atoms with Crippen molar-refractivity contribution in [3.63, 3.8) is 0 Å². The van der Waals surface area contributed by atoms with Gasteiger partial charge in [0.25, 0.3) is 0 Å². The molecule has 3 heterocycles. The summed E-state index contributed by atoms with van der Waals surface area (Å²) in [5, 5.41) is 7.04. The largest absolute Gasteiger partial charge is 0.456 e. The van der Waals surface area contributed by atoms with E-state index in [-0.39, 0.29) is 0 Å². The number of nitrogens with zero attached hydrogens (tertiary/aromatic N) is 3. The Kier molecular flexibility index (Phi) is 6.01. The second-order valence-corrected chi connectivity index (χ2v) is 13.1. The van der Waals surface area contributed by atoms with E-state index in [1.165, 1.54) is 20.2 Å². The van der Waals surface area contributed by atoms with Gasteiger partial charge in [-0.2, -0.15) is 0 Å². The van der Waals surface area contributed by atoms with Gasteiger partial charge in [0.05, 0.1) is 0 Å². The van der Waals surface area contributed by atoms with Crippen molar-refractivity contribution in [2.45, 2.75) is 0 Å². The summed E-state index contributed by atoms with van der Waals surface area (Å²) < 4.78 is 8.66. The monoisotopic (exact) mass is 631 g/mol. The van der Waals surface area contributed by atoms with Crippen molar-refractivity contribution < 1.29 is 4.42 Å². The minimum absolute atomic E-state index is 0.638. The molecule has 3 aromatic heterocycles. The summed E-state index contributed by atoms with van der Waals surface area (Å²) in [5.74, 6) is 1.95. The molecule has 0 aliphatic rings. The number of furan rings is 1. The number of rotatable bonds is 4. The minimum atomic E-state index is 0.638. The third kappa shape index (κ3) is 4.40. The first kappa shape index (κ1) is 27.0. The van der Waals surface area contributed by atoms with E-state index >= 15 is 0 Å². The highest BCUT2D eigenvalue weighted by Crippen LogP contribution is 2.37. The summed E-state index contributed by atoms with van der Waals surface area (Å²) in [6, 6.07) is 52.8. The Morgan fingerprint density at radius 1 is 0.375 bits per heavy atom. The number of aromatic nitrogens is 3. The summed E-state index contributed by atoms with van der Waals surface area (Å²) in [7, 11) is 0. The first-order valence-corrected chi connectivity index (χ1v) is 16.7. The molecule has 0 spiro atoms. The Morgan fingerprint density at radius 2 is 0.979 bits per heavy atom. The van der Waals surface area contributed by atoms with Gasteiger partial charge in [-0.1, -0.05) is 121 Å². The van der Waals surface area contributed by atoms with Gasteiger partial charge >= 0.3 is 0 Å². The van der Waals surface area contributed by atoms with Crippen LogP contribution in [0, 0.1) is 0 Å². The van der Waals surface area contributed by atoms with Gasteiger partial charge < -0.3 is 4.42 Å². The van der Waals surface area contributed by atoms with Gasteiger partial charge in [0.2, 0.25) is 0 Å². The molecule has 48 heavy (non-hydrogen) atoms. The molecular formula is C43H25N3OS. The second-order valence-electron chi connectivity index (χ2n) is 12.0. The number of benzene rings is 7. The van der Waals surface area contributed by atoms with Crippen LogP contribution in [-0.4, -0.2) is 15.0 Å². The van der Waals surface area contributed by atoms with E-state index in [1.807, 2.05) is 18.2 Å². The highest BCUT2D eigenvalue weighted by atomic mass is 32.1. The minimum Gasteiger partial charge on any atom is -0.456 e. The fourth-order valence-electron chi connectivity index (χ4n) is 6.76. The molecule has 0 fully saturated rings. The van der Waals surface area contributed by atoms with Crippen LogP contribution in [0.1, 0.15) is 0 Å². The van der Waals surface area contributed by atoms with Crippen LogP contribution < -0.4 is 0 Å². The van der Waals surface area contributed by atoms with Gasteiger partial charge in [-0.3, -0.25) is 0 Å². The predicted molar refractivity (Wildman–Crippen MR) is 199 cm³/mol. The summed E-state index contributed by atoms with van der Waals surface area (Å²) >= 11 is 1.80. The summed E-state index contributed by atoms with van der Waals surface area (Å²) in [5.41, 5.74) is 6.86. The summed E-state index contributed by atoms with van der Waals surface area (Å²) in [4.78, 5) is 15.2. The summed E-state index contributed by atoms with van der Waals surface area (Å²) in [6.45, 7) is 0. The molecule has 0 amide bonds. The van der Waals surface area contributed by atoms with Crippen molar-refractivity contribution in [3.05, 3.63) is 152 Å². The molecule has 4 nitrogen and oxygen atoms in total. The number of hydrogen-bond acceptors (Lipinski definition) is 5. The van der Waals surface area contributed by atoms with E-state index in [9.17, 15) is 0 Å². The maximum atomic E-state index is 6.17. The van der Waals surface area contributed by atoms with Crippen LogP contribution in [0.25, 0.3) is 98.2 Å². The molecule has 0 radical (unpaired) electrons. The molecule has 0 unspecified atom stereocenters. The van der Waals surface area contributed by atoms with Crippen LogP contribution >= 0.6 is 11.3 Å². The number of thiophene rings is 1. The molecule has 0 atom stereocenters. The van der Waals surface area contributed by atoms with Gasteiger partial charge in [0.1, 0.15) is 11.2 Å². The van der Waals surface area contributed by atoms with E-state index in [1.54, 1.807) is 11.3 Å². The first-order valence-electron chi connectivity index (χ1n) is 15.9. The van der Waals surface area contributed by atoms with Crippen molar-refractivity contribution in [1.29, 1.82) is 0 Å².